The molecule has 1 aromatic rings. The van der Waals surface area contributed by atoms with Crippen LogP contribution < -0.4 is 0 Å². The van der Waals surface area contributed by atoms with Gasteiger partial charge in [0, 0.05) is 17.7 Å². The van der Waals surface area contributed by atoms with Gasteiger partial charge < -0.3 is 10.2 Å². The van der Waals surface area contributed by atoms with Crippen molar-refractivity contribution in [2.45, 2.75) is 27.3 Å². The molecule has 0 saturated carbocycles. The predicted octanol–water partition coefficient (Wildman–Crippen LogP) is 2.24. The molecule has 4 nitrogen and oxygen atoms in total. The number of aromatic carboxylic acids is 1. The number of aromatic hydroxyl groups is 1. The molecule has 0 aliphatic heterocycles. The van der Waals surface area contributed by atoms with Crippen LogP contribution in [0.5, 0.6) is 5.75 Å². The number of phenols is 1. The molecule has 1 rings (SSSR count). The van der Waals surface area contributed by atoms with Crippen molar-refractivity contribution >= 4 is 5.97 Å². The first-order valence-corrected chi connectivity index (χ1v) is 5.78. The number of nitrogens with zero attached hydrogens (tertiary/aromatic N) is 1. The summed E-state index contributed by atoms with van der Waals surface area (Å²) in [4.78, 5) is 13.1. The average Bonchev–Trinajstić information content (AvgIpc) is 2.30. The second-order valence-corrected chi connectivity index (χ2v) is 4.01. The van der Waals surface area contributed by atoms with Crippen molar-refractivity contribution in [2.24, 2.45) is 0 Å². The van der Waals surface area contributed by atoms with Crippen LogP contribution in [-0.4, -0.2) is 34.2 Å². The fraction of sp³-hybridized carbons (Fsp3) is 0.462. The van der Waals surface area contributed by atoms with Crippen molar-refractivity contribution < 1.29 is 15.0 Å². The van der Waals surface area contributed by atoms with E-state index in [-0.39, 0.29) is 11.3 Å². The number of hydrogen-bond acceptors (Lipinski definition) is 3. The maximum absolute atomic E-state index is 10.9. The van der Waals surface area contributed by atoms with Crippen molar-refractivity contribution in [3.05, 3.63) is 28.8 Å². The minimum absolute atomic E-state index is 0.0943. The second-order valence-electron chi connectivity index (χ2n) is 4.01. The van der Waals surface area contributed by atoms with Crippen LogP contribution in [0.3, 0.4) is 0 Å². The smallest absolute Gasteiger partial charge is 0.336 e. The number of carboxylic acid groups (broad SMARTS) is 1. The van der Waals surface area contributed by atoms with Crippen LogP contribution >= 0.6 is 0 Å². The number of phenolic OH excluding ortho intramolecular Hbond substituents is 1. The number of carboxylic acids is 1. The van der Waals surface area contributed by atoms with Gasteiger partial charge in [-0.2, -0.15) is 0 Å². The van der Waals surface area contributed by atoms with Crippen LogP contribution in [0, 0.1) is 6.92 Å². The summed E-state index contributed by atoms with van der Waals surface area (Å²) in [6.45, 7) is 8.17. The lowest BCUT2D eigenvalue weighted by molar-refractivity contribution is 0.0695. The standard InChI is InChI=1S/C13H19NO3/c1-4-14(5-2)8-10-6-7-11(13(16)17)9(3)12(10)15/h6-7,15H,4-5,8H2,1-3H3,(H,16,17). The third kappa shape index (κ3) is 2.97. The molecule has 17 heavy (non-hydrogen) atoms. The number of rotatable bonds is 5. The zero-order chi connectivity index (χ0) is 13.0. The Balaban J connectivity index is 3.04. The van der Waals surface area contributed by atoms with E-state index in [1.54, 1.807) is 19.1 Å². The van der Waals surface area contributed by atoms with Crippen LogP contribution in [0.1, 0.15) is 35.3 Å². The third-order valence-corrected chi connectivity index (χ3v) is 3.03. The van der Waals surface area contributed by atoms with Crippen LogP contribution in [0.2, 0.25) is 0 Å². The maximum Gasteiger partial charge on any atom is 0.336 e. The molecule has 94 valence electrons. The highest BCUT2D eigenvalue weighted by Crippen LogP contribution is 2.26. The molecule has 0 aliphatic rings. The van der Waals surface area contributed by atoms with Gasteiger partial charge in [0.2, 0.25) is 0 Å². The van der Waals surface area contributed by atoms with Crippen molar-refractivity contribution in [3.8, 4) is 5.75 Å². The second kappa shape index (κ2) is 5.68. The van der Waals surface area contributed by atoms with Gasteiger partial charge in [0.25, 0.3) is 0 Å². The lowest BCUT2D eigenvalue weighted by Gasteiger charge is -2.19. The normalized spacial score (nSPS) is 10.8. The van der Waals surface area contributed by atoms with Crippen LogP contribution in [0.4, 0.5) is 0 Å². The van der Waals surface area contributed by atoms with E-state index in [4.69, 9.17) is 5.11 Å². The lowest BCUT2D eigenvalue weighted by Crippen LogP contribution is -2.22. The molecule has 0 amide bonds. The molecular formula is C13H19NO3. The molecule has 0 saturated heterocycles. The molecular weight excluding hydrogens is 218 g/mol. The van der Waals surface area contributed by atoms with Gasteiger partial charge in [-0.25, -0.2) is 4.79 Å². The van der Waals surface area contributed by atoms with Gasteiger partial charge in [-0.1, -0.05) is 19.9 Å². The van der Waals surface area contributed by atoms with E-state index >= 15 is 0 Å². The maximum atomic E-state index is 10.9. The molecule has 0 bridgehead atoms. The highest BCUT2D eigenvalue weighted by Gasteiger charge is 2.14. The van der Waals surface area contributed by atoms with Crippen molar-refractivity contribution in [2.75, 3.05) is 13.1 Å². The highest BCUT2D eigenvalue weighted by atomic mass is 16.4. The molecule has 0 radical (unpaired) electrons. The number of carbonyl (C=O) groups is 1. The summed E-state index contributed by atoms with van der Waals surface area (Å²) in [6.07, 6.45) is 0. The summed E-state index contributed by atoms with van der Waals surface area (Å²) < 4.78 is 0. The van der Waals surface area contributed by atoms with Gasteiger partial charge in [0.05, 0.1) is 5.56 Å². The molecule has 0 atom stereocenters. The Morgan fingerprint density at radius 3 is 2.35 bits per heavy atom. The van der Waals surface area contributed by atoms with Crippen molar-refractivity contribution in [1.82, 2.24) is 4.90 Å². The SMILES string of the molecule is CCN(CC)Cc1ccc(C(=O)O)c(C)c1O. The summed E-state index contributed by atoms with van der Waals surface area (Å²) in [6, 6.07) is 3.24. The number of hydrogen-bond donors (Lipinski definition) is 2. The zero-order valence-corrected chi connectivity index (χ0v) is 10.5. The Morgan fingerprint density at radius 2 is 1.88 bits per heavy atom. The summed E-state index contributed by atoms with van der Waals surface area (Å²) in [5.74, 6) is -0.913. The molecule has 2 N–H and O–H groups in total. The average molecular weight is 237 g/mol. The van der Waals surface area contributed by atoms with Crippen molar-refractivity contribution in [3.63, 3.8) is 0 Å². The quantitative estimate of drug-likeness (QED) is 0.824. The van der Waals surface area contributed by atoms with Gasteiger partial charge >= 0.3 is 5.97 Å². The van der Waals surface area contributed by atoms with E-state index in [9.17, 15) is 9.90 Å². The Bertz CT molecular complexity index is 411. The van der Waals surface area contributed by atoms with Gasteiger partial charge in [0.15, 0.2) is 0 Å². The highest BCUT2D eigenvalue weighted by molar-refractivity contribution is 5.90. The molecule has 0 aliphatic carbocycles. The molecule has 0 unspecified atom stereocenters. The first-order chi connectivity index (χ1) is 8.01. The van der Waals surface area contributed by atoms with Crippen LogP contribution in [0.15, 0.2) is 12.1 Å². The molecule has 4 heteroatoms. The number of benzene rings is 1. The minimum Gasteiger partial charge on any atom is -0.507 e. The van der Waals surface area contributed by atoms with Crippen LogP contribution in [0.25, 0.3) is 0 Å². The predicted molar refractivity (Wildman–Crippen MR) is 66.4 cm³/mol. The van der Waals surface area contributed by atoms with Crippen molar-refractivity contribution in [1.29, 1.82) is 0 Å². The summed E-state index contributed by atoms with van der Waals surface area (Å²) in [7, 11) is 0. The third-order valence-electron chi connectivity index (χ3n) is 3.03. The van der Waals surface area contributed by atoms with E-state index in [1.807, 2.05) is 0 Å². The first kappa shape index (κ1) is 13.5. The fourth-order valence-corrected chi connectivity index (χ4v) is 1.80. The van der Waals surface area contributed by atoms with Gasteiger partial charge in [-0.05, 0) is 26.1 Å². The van der Waals surface area contributed by atoms with E-state index < -0.39 is 5.97 Å². The minimum atomic E-state index is -1.01. The molecule has 0 fully saturated rings. The summed E-state index contributed by atoms with van der Waals surface area (Å²) in [5, 5.41) is 18.9. The summed E-state index contributed by atoms with van der Waals surface area (Å²) in [5.41, 5.74) is 1.36. The Hall–Kier alpha value is -1.55. The van der Waals surface area contributed by atoms with Gasteiger partial charge in [-0.3, -0.25) is 4.90 Å². The fourth-order valence-electron chi connectivity index (χ4n) is 1.80. The Morgan fingerprint density at radius 1 is 1.29 bits per heavy atom. The Labute approximate surface area is 101 Å². The van der Waals surface area contributed by atoms with Gasteiger partial charge in [0.1, 0.15) is 5.75 Å². The molecule has 0 heterocycles. The monoisotopic (exact) mass is 237 g/mol. The zero-order valence-electron chi connectivity index (χ0n) is 10.5. The van der Waals surface area contributed by atoms with Crippen LogP contribution in [-0.2, 0) is 6.54 Å². The lowest BCUT2D eigenvalue weighted by atomic mass is 10.0. The molecule has 0 spiro atoms. The molecule has 0 aromatic heterocycles. The van der Waals surface area contributed by atoms with E-state index in [1.165, 1.54) is 0 Å². The van der Waals surface area contributed by atoms with E-state index in [0.29, 0.717) is 12.1 Å². The van der Waals surface area contributed by atoms with E-state index in [0.717, 1.165) is 18.7 Å². The Kier molecular flexibility index (Phi) is 4.52. The van der Waals surface area contributed by atoms with Gasteiger partial charge in [-0.15, -0.1) is 0 Å². The molecule has 1 aromatic carbocycles. The summed E-state index contributed by atoms with van der Waals surface area (Å²) >= 11 is 0. The topological polar surface area (TPSA) is 60.8 Å². The van der Waals surface area contributed by atoms with E-state index in [2.05, 4.69) is 18.7 Å². The first-order valence-electron chi connectivity index (χ1n) is 5.78. The largest absolute Gasteiger partial charge is 0.507 e.